The van der Waals surface area contributed by atoms with Gasteiger partial charge >= 0.3 is 6.18 Å². The van der Waals surface area contributed by atoms with Gasteiger partial charge in [0.05, 0.1) is 12.5 Å². The molecule has 0 radical (unpaired) electrons. The molecule has 1 rings (SSSR count). The molecule has 1 N–H and O–H groups in total. The van der Waals surface area contributed by atoms with E-state index in [2.05, 4.69) is 0 Å². The van der Waals surface area contributed by atoms with Crippen LogP contribution in [0.1, 0.15) is 46.0 Å². The number of carbonyl (C=O) groups excluding carboxylic acids is 1. The summed E-state index contributed by atoms with van der Waals surface area (Å²) in [5.41, 5.74) is 0. The van der Waals surface area contributed by atoms with Gasteiger partial charge in [0.25, 0.3) is 0 Å². The lowest BCUT2D eigenvalue weighted by Crippen LogP contribution is -2.44. The van der Waals surface area contributed by atoms with E-state index in [-0.39, 0.29) is 32.3 Å². The van der Waals surface area contributed by atoms with Gasteiger partial charge in [-0.15, -0.1) is 0 Å². The molecule has 1 fully saturated rings. The van der Waals surface area contributed by atoms with E-state index in [4.69, 9.17) is 4.74 Å². The van der Waals surface area contributed by atoms with E-state index < -0.39 is 29.6 Å². The first-order valence-corrected chi connectivity index (χ1v) is 6.65. The second-order valence-electron chi connectivity index (χ2n) is 5.29. The van der Waals surface area contributed by atoms with Gasteiger partial charge in [0.15, 0.2) is 5.78 Å². The zero-order chi connectivity index (χ0) is 14.7. The molecule has 0 aliphatic heterocycles. The molecule has 0 aromatic heterocycles. The third-order valence-electron chi connectivity index (χ3n) is 3.61. The number of rotatable bonds is 5. The highest BCUT2D eigenvalue weighted by Crippen LogP contribution is 2.40. The molecule has 0 aromatic carbocycles. The summed E-state index contributed by atoms with van der Waals surface area (Å²) in [6.07, 6.45) is -3.31. The Balaban J connectivity index is 2.53. The van der Waals surface area contributed by atoms with Crippen molar-refractivity contribution < 1.29 is 27.8 Å². The molecule has 0 heterocycles. The number of hydrogen-bond donors (Lipinski definition) is 1. The van der Waals surface area contributed by atoms with Crippen LogP contribution in [-0.4, -0.2) is 29.5 Å². The van der Waals surface area contributed by atoms with Gasteiger partial charge in [-0.2, -0.15) is 13.2 Å². The maximum atomic E-state index is 12.5. The summed E-state index contributed by atoms with van der Waals surface area (Å²) in [6, 6.07) is 0. The van der Waals surface area contributed by atoms with Crippen LogP contribution >= 0.6 is 0 Å². The molecule has 0 bridgehead atoms. The van der Waals surface area contributed by atoms with Gasteiger partial charge < -0.3 is 9.84 Å². The highest BCUT2D eigenvalue weighted by Gasteiger charge is 2.45. The Hall–Kier alpha value is -0.620. The number of alkyl halides is 3. The number of carbonyl (C=O) groups is 1. The predicted molar refractivity (Wildman–Crippen MR) is 63.4 cm³/mol. The van der Waals surface area contributed by atoms with Crippen LogP contribution in [0.4, 0.5) is 13.2 Å². The highest BCUT2D eigenvalue weighted by atomic mass is 19.4. The number of Topliss-reactive ketones (excluding diaryl/α,β-unsaturated/α-hetero) is 1. The SMILES string of the molecule is CCCOC(C)(O)C(=O)C1CCC(C(F)(F)F)CC1. The normalized spacial score (nSPS) is 27.9. The van der Waals surface area contributed by atoms with Crippen LogP contribution in [0.5, 0.6) is 0 Å². The van der Waals surface area contributed by atoms with E-state index >= 15 is 0 Å². The number of ketones is 1. The molecule has 1 atom stereocenters. The first kappa shape index (κ1) is 16.4. The van der Waals surface area contributed by atoms with Gasteiger partial charge in [0.1, 0.15) is 0 Å². The van der Waals surface area contributed by atoms with Gasteiger partial charge in [0.2, 0.25) is 5.79 Å². The smallest absolute Gasteiger partial charge is 0.360 e. The average molecular weight is 282 g/mol. The second kappa shape index (κ2) is 6.22. The van der Waals surface area contributed by atoms with Crippen molar-refractivity contribution in [3.05, 3.63) is 0 Å². The van der Waals surface area contributed by atoms with Crippen molar-refractivity contribution >= 4 is 5.78 Å². The quantitative estimate of drug-likeness (QED) is 0.788. The fourth-order valence-electron chi connectivity index (χ4n) is 2.43. The predicted octanol–water partition coefficient (Wildman–Crippen LogP) is 3.06. The fourth-order valence-corrected chi connectivity index (χ4v) is 2.43. The topological polar surface area (TPSA) is 46.5 Å². The van der Waals surface area contributed by atoms with Gasteiger partial charge in [-0.1, -0.05) is 6.92 Å². The molecule has 112 valence electrons. The lowest BCUT2D eigenvalue weighted by atomic mass is 9.78. The Morgan fingerprint density at radius 1 is 1.26 bits per heavy atom. The molecule has 0 spiro atoms. The summed E-state index contributed by atoms with van der Waals surface area (Å²) in [4.78, 5) is 12.0. The molecule has 3 nitrogen and oxygen atoms in total. The number of ether oxygens (including phenoxy) is 1. The third-order valence-corrected chi connectivity index (χ3v) is 3.61. The molecule has 1 saturated carbocycles. The summed E-state index contributed by atoms with van der Waals surface area (Å²) in [5, 5.41) is 9.90. The maximum Gasteiger partial charge on any atom is 0.391 e. The largest absolute Gasteiger partial charge is 0.391 e. The molecule has 1 unspecified atom stereocenters. The minimum atomic E-state index is -4.19. The molecule has 0 amide bonds. The van der Waals surface area contributed by atoms with Crippen LogP contribution in [0.15, 0.2) is 0 Å². The van der Waals surface area contributed by atoms with E-state index in [9.17, 15) is 23.1 Å². The Morgan fingerprint density at radius 3 is 2.21 bits per heavy atom. The minimum Gasteiger partial charge on any atom is -0.360 e. The van der Waals surface area contributed by atoms with Gasteiger partial charge in [-0.25, -0.2) is 0 Å². The van der Waals surface area contributed by atoms with E-state index in [1.165, 1.54) is 6.92 Å². The molecule has 0 saturated heterocycles. The third kappa shape index (κ3) is 4.45. The average Bonchev–Trinajstić information content (AvgIpc) is 2.34. The molecule has 6 heteroatoms. The monoisotopic (exact) mass is 282 g/mol. The lowest BCUT2D eigenvalue weighted by Gasteiger charge is -2.32. The Bertz CT molecular complexity index is 305. The van der Waals surface area contributed by atoms with Crippen molar-refractivity contribution in [2.24, 2.45) is 11.8 Å². The summed E-state index contributed by atoms with van der Waals surface area (Å²) in [5.74, 6) is -4.24. The molecular formula is C13H21F3O3. The van der Waals surface area contributed by atoms with E-state index in [1.807, 2.05) is 6.92 Å². The van der Waals surface area contributed by atoms with Crippen molar-refractivity contribution in [3.63, 3.8) is 0 Å². The van der Waals surface area contributed by atoms with Crippen LogP contribution < -0.4 is 0 Å². The molecule has 1 aliphatic rings. The highest BCUT2D eigenvalue weighted by molar-refractivity contribution is 5.87. The Kier molecular flexibility index (Phi) is 5.38. The van der Waals surface area contributed by atoms with Crippen molar-refractivity contribution in [1.29, 1.82) is 0 Å². The van der Waals surface area contributed by atoms with E-state index in [1.54, 1.807) is 0 Å². The zero-order valence-corrected chi connectivity index (χ0v) is 11.3. The molecule has 0 aromatic rings. The first-order valence-electron chi connectivity index (χ1n) is 6.65. The van der Waals surface area contributed by atoms with Crippen molar-refractivity contribution in [2.75, 3.05) is 6.61 Å². The van der Waals surface area contributed by atoms with Crippen LogP contribution in [0, 0.1) is 11.8 Å². The molecule has 1 aliphatic carbocycles. The molecular weight excluding hydrogens is 261 g/mol. The fraction of sp³-hybridized carbons (Fsp3) is 0.923. The van der Waals surface area contributed by atoms with Gasteiger partial charge in [-0.05, 0) is 39.0 Å². The van der Waals surface area contributed by atoms with Crippen LogP contribution in [0.2, 0.25) is 0 Å². The Morgan fingerprint density at radius 2 is 1.79 bits per heavy atom. The first-order chi connectivity index (χ1) is 8.68. The number of hydrogen-bond acceptors (Lipinski definition) is 3. The van der Waals surface area contributed by atoms with E-state index in [0.717, 1.165) is 0 Å². The van der Waals surface area contributed by atoms with Crippen molar-refractivity contribution in [2.45, 2.75) is 57.9 Å². The van der Waals surface area contributed by atoms with Gasteiger partial charge in [0, 0.05) is 5.92 Å². The zero-order valence-electron chi connectivity index (χ0n) is 11.3. The van der Waals surface area contributed by atoms with Crippen molar-refractivity contribution in [1.82, 2.24) is 0 Å². The summed E-state index contributed by atoms with van der Waals surface area (Å²) in [6.45, 7) is 3.35. The lowest BCUT2D eigenvalue weighted by molar-refractivity contribution is -0.206. The summed E-state index contributed by atoms with van der Waals surface area (Å²) >= 11 is 0. The van der Waals surface area contributed by atoms with Crippen molar-refractivity contribution in [3.8, 4) is 0 Å². The molecule has 19 heavy (non-hydrogen) atoms. The summed E-state index contributed by atoms with van der Waals surface area (Å²) in [7, 11) is 0. The van der Waals surface area contributed by atoms with Gasteiger partial charge in [-0.3, -0.25) is 4.79 Å². The number of aliphatic hydroxyl groups is 1. The van der Waals surface area contributed by atoms with Crippen LogP contribution in [0.25, 0.3) is 0 Å². The number of halogens is 3. The standard InChI is InChI=1S/C13H21F3O3/c1-3-8-19-12(2,18)11(17)9-4-6-10(7-5-9)13(14,15)16/h9-10,18H,3-8H2,1-2H3. The maximum absolute atomic E-state index is 12.5. The van der Waals surface area contributed by atoms with E-state index in [0.29, 0.717) is 6.42 Å². The summed E-state index contributed by atoms with van der Waals surface area (Å²) < 4.78 is 42.6. The minimum absolute atomic E-state index is 0.0518. The second-order valence-corrected chi connectivity index (χ2v) is 5.29. The van der Waals surface area contributed by atoms with Crippen LogP contribution in [-0.2, 0) is 9.53 Å². The Labute approximate surface area is 111 Å². The van der Waals surface area contributed by atoms with Crippen LogP contribution in [0.3, 0.4) is 0 Å².